The largest absolute Gasteiger partial charge is 0.480 e. The molecule has 4 N–H and O–H groups in total. The number of hydrogen-bond acceptors (Lipinski definition) is 3. The van der Waals surface area contributed by atoms with Crippen molar-refractivity contribution in [2.75, 3.05) is 7.05 Å². The number of hydrogen-bond donors (Lipinski definition) is 3. The summed E-state index contributed by atoms with van der Waals surface area (Å²) in [6.07, 6.45) is 2.56. The average Bonchev–Trinajstić information content (AvgIpc) is 2.93. The van der Waals surface area contributed by atoms with Crippen LogP contribution < -0.4 is 5.73 Å². The fourth-order valence-corrected chi connectivity index (χ4v) is 2.92. The smallest absolute Gasteiger partial charge is 0.326 e. The number of para-hydroxylation sites is 1. The molecule has 1 heterocycles. The molecule has 6 nitrogen and oxygen atoms in total. The van der Waals surface area contributed by atoms with E-state index >= 15 is 0 Å². The second-order valence-corrected chi connectivity index (χ2v) is 6.60. The quantitative estimate of drug-likeness (QED) is 0.722. The fourth-order valence-electron chi connectivity index (χ4n) is 2.92. The van der Waals surface area contributed by atoms with Crippen LogP contribution in [0, 0.1) is 5.92 Å². The lowest BCUT2D eigenvalue weighted by atomic mass is 10.0. The zero-order valence-corrected chi connectivity index (χ0v) is 14.3. The van der Waals surface area contributed by atoms with Gasteiger partial charge in [0.05, 0.1) is 6.04 Å². The Labute approximate surface area is 141 Å². The van der Waals surface area contributed by atoms with E-state index in [0.717, 1.165) is 16.5 Å². The Morgan fingerprint density at radius 3 is 2.58 bits per heavy atom. The first-order chi connectivity index (χ1) is 11.3. The number of nitrogens with one attached hydrogen (secondary N) is 1. The molecule has 24 heavy (non-hydrogen) atoms. The van der Waals surface area contributed by atoms with Gasteiger partial charge in [0.15, 0.2) is 0 Å². The molecule has 0 aliphatic carbocycles. The maximum Gasteiger partial charge on any atom is 0.326 e. The molecule has 0 spiro atoms. The van der Waals surface area contributed by atoms with E-state index in [4.69, 9.17) is 5.73 Å². The summed E-state index contributed by atoms with van der Waals surface area (Å²) < 4.78 is 0. The molecule has 1 amide bonds. The number of carbonyl (C=O) groups excluding carboxylic acids is 1. The first kappa shape index (κ1) is 18.0. The number of benzene rings is 1. The zero-order chi connectivity index (χ0) is 17.9. The predicted molar refractivity (Wildman–Crippen MR) is 93.6 cm³/mol. The summed E-state index contributed by atoms with van der Waals surface area (Å²) in [6.45, 7) is 3.96. The van der Waals surface area contributed by atoms with Gasteiger partial charge < -0.3 is 20.7 Å². The molecular formula is C18H25N3O3. The first-order valence-electron chi connectivity index (χ1n) is 8.11. The summed E-state index contributed by atoms with van der Waals surface area (Å²) in [4.78, 5) is 28.5. The van der Waals surface area contributed by atoms with Gasteiger partial charge in [-0.25, -0.2) is 4.79 Å². The molecule has 2 atom stereocenters. The lowest BCUT2D eigenvalue weighted by molar-refractivity contribution is -0.149. The van der Waals surface area contributed by atoms with Crippen LogP contribution in [0.2, 0.25) is 0 Å². The number of fused-ring (bicyclic) bond motifs is 1. The monoisotopic (exact) mass is 331 g/mol. The van der Waals surface area contributed by atoms with Gasteiger partial charge >= 0.3 is 5.97 Å². The molecule has 6 heteroatoms. The van der Waals surface area contributed by atoms with Crippen LogP contribution in [0.5, 0.6) is 0 Å². The van der Waals surface area contributed by atoms with Crippen LogP contribution in [0.15, 0.2) is 30.5 Å². The third-order valence-corrected chi connectivity index (χ3v) is 4.23. The minimum Gasteiger partial charge on any atom is -0.480 e. The molecule has 0 radical (unpaired) electrons. The van der Waals surface area contributed by atoms with Gasteiger partial charge in [-0.3, -0.25) is 4.79 Å². The molecule has 0 aliphatic heterocycles. The number of likely N-dealkylation sites (N-methyl/N-ethyl adjacent to an activating group) is 1. The summed E-state index contributed by atoms with van der Waals surface area (Å²) in [6, 6.07) is 6.06. The number of aliphatic carboxylic acids is 1. The minimum absolute atomic E-state index is 0.232. The van der Waals surface area contributed by atoms with Crippen molar-refractivity contribution in [1.82, 2.24) is 9.88 Å². The Kier molecular flexibility index (Phi) is 5.62. The van der Waals surface area contributed by atoms with Crippen molar-refractivity contribution in [2.45, 2.75) is 38.8 Å². The average molecular weight is 331 g/mol. The highest BCUT2D eigenvalue weighted by molar-refractivity contribution is 5.88. The third kappa shape index (κ3) is 3.94. The van der Waals surface area contributed by atoms with Crippen LogP contribution >= 0.6 is 0 Å². The first-order valence-corrected chi connectivity index (χ1v) is 8.11. The number of carboxylic acids is 1. The van der Waals surface area contributed by atoms with Crippen LogP contribution in [0.4, 0.5) is 0 Å². The number of aromatic nitrogens is 1. The number of carboxylic acid groups (broad SMARTS) is 1. The van der Waals surface area contributed by atoms with Crippen LogP contribution in [0.25, 0.3) is 10.9 Å². The molecule has 0 saturated heterocycles. The lowest BCUT2D eigenvalue weighted by Gasteiger charge is -2.28. The van der Waals surface area contributed by atoms with Crippen molar-refractivity contribution < 1.29 is 14.7 Å². The van der Waals surface area contributed by atoms with E-state index in [1.54, 1.807) is 6.20 Å². The minimum atomic E-state index is -1.03. The molecule has 0 saturated carbocycles. The molecular weight excluding hydrogens is 306 g/mol. The standard InChI is InChI=1S/C18H25N3O3/c1-11(2)8-14(19)17(22)21(3)16(18(23)24)9-12-10-20-15-7-5-4-6-13(12)15/h4-7,10-11,14,16,20H,8-9,19H2,1-3H3,(H,23,24)/t14-,16+/m0/s1. The third-order valence-electron chi connectivity index (χ3n) is 4.23. The molecule has 0 unspecified atom stereocenters. The summed E-state index contributed by atoms with van der Waals surface area (Å²) in [7, 11) is 1.51. The van der Waals surface area contributed by atoms with Crippen LogP contribution in [-0.4, -0.2) is 46.0 Å². The van der Waals surface area contributed by atoms with Gasteiger partial charge in [-0.05, 0) is 24.0 Å². The van der Waals surface area contributed by atoms with Gasteiger partial charge in [0, 0.05) is 30.6 Å². The van der Waals surface area contributed by atoms with Crippen molar-refractivity contribution in [2.24, 2.45) is 11.7 Å². The number of nitrogens with two attached hydrogens (primary N) is 1. The van der Waals surface area contributed by atoms with E-state index in [1.807, 2.05) is 38.1 Å². The molecule has 1 aromatic carbocycles. The van der Waals surface area contributed by atoms with Gasteiger partial charge in [0.25, 0.3) is 0 Å². The van der Waals surface area contributed by atoms with Crippen molar-refractivity contribution in [1.29, 1.82) is 0 Å². The number of H-pyrrole nitrogens is 1. The number of nitrogens with zero attached hydrogens (tertiary/aromatic N) is 1. The van der Waals surface area contributed by atoms with Crippen LogP contribution in [0.1, 0.15) is 25.8 Å². The highest BCUT2D eigenvalue weighted by atomic mass is 16.4. The van der Waals surface area contributed by atoms with E-state index in [9.17, 15) is 14.7 Å². The fraction of sp³-hybridized carbons (Fsp3) is 0.444. The maximum absolute atomic E-state index is 12.4. The Balaban J connectivity index is 2.20. The van der Waals surface area contributed by atoms with E-state index in [1.165, 1.54) is 11.9 Å². The Morgan fingerprint density at radius 2 is 1.96 bits per heavy atom. The second-order valence-electron chi connectivity index (χ2n) is 6.60. The van der Waals surface area contributed by atoms with Crippen molar-refractivity contribution in [3.05, 3.63) is 36.0 Å². The molecule has 0 bridgehead atoms. The van der Waals surface area contributed by atoms with E-state index in [2.05, 4.69) is 4.98 Å². The molecule has 2 rings (SSSR count). The van der Waals surface area contributed by atoms with Gasteiger partial charge in [-0.1, -0.05) is 32.0 Å². The predicted octanol–water partition coefficient (Wildman–Crippen LogP) is 2.00. The number of carbonyl (C=O) groups is 2. The summed E-state index contributed by atoms with van der Waals surface area (Å²) in [5, 5.41) is 10.6. The van der Waals surface area contributed by atoms with Gasteiger partial charge in [-0.15, -0.1) is 0 Å². The molecule has 2 aromatic rings. The van der Waals surface area contributed by atoms with Gasteiger partial charge in [0.2, 0.25) is 5.91 Å². The zero-order valence-electron chi connectivity index (χ0n) is 14.3. The van der Waals surface area contributed by atoms with E-state index in [0.29, 0.717) is 6.42 Å². The van der Waals surface area contributed by atoms with E-state index in [-0.39, 0.29) is 18.2 Å². The Morgan fingerprint density at radius 1 is 1.29 bits per heavy atom. The maximum atomic E-state index is 12.4. The highest BCUT2D eigenvalue weighted by Crippen LogP contribution is 2.21. The van der Waals surface area contributed by atoms with Gasteiger partial charge in [-0.2, -0.15) is 0 Å². The molecule has 0 aliphatic rings. The summed E-state index contributed by atoms with van der Waals surface area (Å²) in [5.41, 5.74) is 7.75. The second kappa shape index (κ2) is 7.49. The SMILES string of the molecule is CC(C)C[C@H](N)C(=O)N(C)[C@H](Cc1c[nH]c2ccccc12)C(=O)O. The summed E-state index contributed by atoms with van der Waals surface area (Å²) >= 11 is 0. The molecule has 130 valence electrons. The summed E-state index contributed by atoms with van der Waals surface area (Å²) in [5.74, 6) is -1.10. The Hall–Kier alpha value is -2.34. The van der Waals surface area contributed by atoms with Crippen LogP contribution in [-0.2, 0) is 16.0 Å². The van der Waals surface area contributed by atoms with E-state index < -0.39 is 18.1 Å². The number of aromatic amines is 1. The molecule has 0 fully saturated rings. The topological polar surface area (TPSA) is 99.4 Å². The number of rotatable bonds is 7. The van der Waals surface area contributed by atoms with Crippen molar-refractivity contribution >= 4 is 22.8 Å². The van der Waals surface area contributed by atoms with Crippen LogP contribution in [0.3, 0.4) is 0 Å². The van der Waals surface area contributed by atoms with Crippen molar-refractivity contribution in [3.63, 3.8) is 0 Å². The highest BCUT2D eigenvalue weighted by Gasteiger charge is 2.30. The lowest BCUT2D eigenvalue weighted by Crippen LogP contribution is -2.50. The van der Waals surface area contributed by atoms with Gasteiger partial charge in [0.1, 0.15) is 6.04 Å². The van der Waals surface area contributed by atoms with Crippen molar-refractivity contribution in [3.8, 4) is 0 Å². The number of amides is 1. The normalized spacial score (nSPS) is 13.9. The Bertz CT molecular complexity index is 723. The molecule has 1 aromatic heterocycles.